The highest BCUT2D eigenvalue weighted by molar-refractivity contribution is 7.92. The highest BCUT2D eigenvalue weighted by atomic mass is 32.2. The third-order valence-electron chi connectivity index (χ3n) is 6.93. The summed E-state index contributed by atoms with van der Waals surface area (Å²) in [6.07, 6.45) is 5.75. The first-order valence-electron chi connectivity index (χ1n) is 13.4. The lowest BCUT2D eigenvalue weighted by atomic mass is 10.1. The van der Waals surface area contributed by atoms with Gasteiger partial charge in [0, 0.05) is 25.6 Å². The molecule has 2 amide bonds. The number of nitrogens with zero attached hydrogens (tertiary/aromatic N) is 2. The zero-order valence-electron chi connectivity index (χ0n) is 23.0. The molecule has 2 aromatic rings. The summed E-state index contributed by atoms with van der Waals surface area (Å²) in [5.41, 5.74) is 2.58. The Morgan fingerprint density at radius 1 is 1.05 bits per heavy atom. The normalized spacial score (nSPS) is 14.6. The molecule has 208 valence electrons. The molecule has 1 aliphatic carbocycles. The quantitative estimate of drug-likeness (QED) is 0.404. The minimum absolute atomic E-state index is 0.121. The van der Waals surface area contributed by atoms with Crippen LogP contribution in [0.25, 0.3) is 0 Å². The van der Waals surface area contributed by atoms with Gasteiger partial charge in [0.15, 0.2) is 0 Å². The summed E-state index contributed by atoms with van der Waals surface area (Å²) in [4.78, 5) is 28.1. The highest BCUT2D eigenvalue weighted by Gasteiger charge is 2.28. The van der Waals surface area contributed by atoms with Crippen LogP contribution in [0.5, 0.6) is 5.75 Å². The van der Waals surface area contributed by atoms with E-state index in [1.165, 1.54) is 4.31 Å². The van der Waals surface area contributed by atoms with E-state index in [4.69, 9.17) is 4.74 Å². The van der Waals surface area contributed by atoms with Crippen LogP contribution in [-0.4, -0.2) is 56.6 Å². The van der Waals surface area contributed by atoms with Gasteiger partial charge in [-0.05, 0) is 69.9 Å². The lowest BCUT2D eigenvalue weighted by Gasteiger charge is -2.30. The lowest BCUT2D eigenvalue weighted by Crippen LogP contribution is -2.49. The third-order valence-corrected chi connectivity index (χ3v) is 8.12. The van der Waals surface area contributed by atoms with E-state index in [9.17, 15) is 18.0 Å². The second-order valence-corrected chi connectivity index (χ2v) is 11.9. The van der Waals surface area contributed by atoms with Crippen molar-refractivity contribution in [2.75, 3.05) is 23.7 Å². The molecular weight excluding hydrogens is 502 g/mol. The van der Waals surface area contributed by atoms with Gasteiger partial charge in [0.25, 0.3) is 0 Å². The van der Waals surface area contributed by atoms with Crippen molar-refractivity contribution in [1.82, 2.24) is 10.2 Å². The van der Waals surface area contributed by atoms with E-state index in [1.54, 1.807) is 36.1 Å². The molecule has 8 nitrogen and oxygen atoms in total. The van der Waals surface area contributed by atoms with E-state index in [0.717, 1.165) is 43.1 Å². The van der Waals surface area contributed by atoms with Crippen molar-refractivity contribution in [2.24, 2.45) is 0 Å². The van der Waals surface area contributed by atoms with Crippen LogP contribution in [-0.2, 0) is 26.2 Å². The van der Waals surface area contributed by atoms with Crippen LogP contribution in [0.15, 0.2) is 48.5 Å². The summed E-state index contributed by atoms with van der Waals surface area (Å²) in [6, 6.07) is 14.3. The van der Waals surface area contributed by atoms with Crippen LogP contribution in [0.1, 0.15) is 63.5 Å². The molecule has 3 rings (SSSR count). The molecule has 2 aromatic carbocycles. The van der Waals surface area contributed by atoms with Crippen LogP contribution in [0.3, 0.4) is 0 Å². The molecule has 9 heteroatoms. The molecule has 0 heterocycles. The Morgan fingerprint density at radius 2 is 1.68 bits per heavy atom. The Balaban J connectivity index is 1.69. The molecule has 1 fully saturated rings. The molecule has 0 aliphatic heterocycles. The third kappa shape index (κ3) is 8.48. The van der Waals surface area contributed by atoms with Crippen LogP contribution < -0.4 is 14.4 Å². The van der Waals surface area contributed by atoms with Gasteiger partial charge in [-0.15, -0.1) is 0 Å². The first-order chi connectivity index (χ1) is 18.1. The van der Waals surface area contributed by atoms with Crippen molar-refractivity contribution in [1.29, 1.82) is 0 Å². The predicted octanol–water partition coefficient (Wildman–Crippen LogP) is 4.42. The molecule has 38 heavy (non-hydrogen) atoms. The molecule has 0 saturated heterocycles. The molecule has 0 bridgehead atoms. The van der Waals surface area contributed by atoms with Gasteiger partial charge in [-0.25, -0.2) is 8.42 Å². The zero-order chi connectivity index (χ0) is 27.7. The van der Waals surface area contributed by atoms with E-state index in [-0.39, 0.29) is 30.8 Å². The molecule has 0 spiro atoms. The summed E-state index contributed by atoms with van der Waals surface area (Å²) >= 11 is 0. The maximum absolute atomic E-state index is 13.4. The average Bonchev–Trinajstić information content (AvgIpc) is 3.39. The second kappa shape index (κ2) is 13.6. The number of rotatable bonds is 13. The molecule has 0 aromatic heterocycles. The fourth-order valence-electron chi connectivity index (χ4n) is 4.74. The summed E-state index contributed by atoms with van der Waals surface area (Å²) in [6.45, 7) is 6.64. The molecule has 1 N–H and O–H groups in total. The Labute approximate surface area is 227 Å². The fourth-order valence-corrected chi connectivity index (χ4v) is 5.71. The van der Waals surface area contributed by atoms with Crippen molar-refractivity contribution in [3.63, 3.8) is 0 Å². The number of carbonyl (C=O) groups excluding carboxylic acids is 2. The standard InChI is InChI=1S/C29H41N3O5S/c1-5-37-27-18-16-26(17-19-27)32(38(4,35)36)20-8-11-28(33)31(21-24-14-12-22(2)13-15-24)23(3)29(34)30-25-9-6-7-10-25/h12-19,23,25H,5-11,20-21H2,1-4H3,(H,30,34). The van der Waals surface area contributed by atoms with Crippen LogP contribution >= 0.6 is 0 Å². The predicted molar refractivity (Wildman–Crippen MR) is 151 cm³/mol. The largest absolute Gasteiger partial charge is 0.494 e. The molecule has 1 aliphatic rings. The van der Waals surface area contributed by atoms with Crippen molar-refractivity contribution in [3.8, 4) is 5.75 Å². The van der Waals surface area contributed by atoms with Crippen molar-refractivity contribution >= 4 is 27.5 Å². The number of hydrogen-bond acceptors (Lipinski definition) is 5. The van der Waals surface area contributed by atoms with E-state index in [1.807, 2.05) is 38.1 Å². The summed E-state index contributed by atoms with van der Waals surface area (Å²) in [7, 11) is -3.55. The number of aryl methyl sites for hydroxylation is 1. The first-order valence-corrected chi connectivity index (χ1v) is 15.3. The highest BCUT2D eigenvalue weighted by Crippen LogP contribution is 2.23. The average molecular weight is 544 g/mol. The monoisotopic (exact) mass is 543 g/mol. The van der Waals surface area contributed by atoms with Gasteiger partial charge in [-0.1, -0.05) is 42.7 Å². The van der Waals surface area contributed by atoms with Crippen LogP contribution in [0.2, 0.25) is 0 Å². The minimum atomic E-state index is -3.55. The number of benzene rings is 2. The summed E-state index contributed by atoms with van der Waals surface area (Å²) in [5.74, 6) is 0.334. The van der Waals surface area contributed by atoms with Gasteiger partial charge < -0.3 is 15.0 Å². The molecular formula is C29H41N3O5S. The smallest absolute Gasteiger partial charge is 0.242 e. The van der Waals surface area contributed by atoms with Gasteiger partial charge in [0.05, 0.1) is 18.6 Å². The first kappa shape index (κ1) is 29.5. The lowest BCUT2D eigenvalue weighted by molar-refractivity contribution is -0.141. The van der Waals surface area contributed by atoms with Gasteiger partial charge >= 0.3 is 0 Å². The fraction of sp³-hybridized carbons (Fsp3) is 0.517. The van der Waals surface area contributed by atoms with E-state index < -0.39 is 16.1 Å². The summed E-state index contributed by atoms with van der Waals surface area (Å²) in [5, 5.41) is 3.11. The minimum Gasteiger partial charge on any atom is -0.494 e. The molecule has 1 saturated carbocycles. The second-order valence-electron chi connectivity index (χ2n) is 10.0. The molecule has 1 atom stereocenters. The van der Waals surface area contributed by atoms with Crippen molar-refractivity contribution in [2.45, 2.75) is 77.9 Å². The maximum atomic E-state index is 13.4. The number of anilines is 1. The van der Waals surface area contributed by atoms with Gasteiger partial charge in [0.2, 0.25) is 21.8 Å². The van der Waals surface area contributed by atoms with E-state index in [0.29, 0.717) is 31.0 Å². The molecule has 0 radical (unpaired) electrons. The van der Waals surface area contributed by atoms with E-state index >= 15 is 0 Å². The summed E-state index contributed by atoms with van der Waals surface area (Å²) < 4.78 is 31.8. The van der Waals surface area contributed by atoms with Gasteiger partial charge in [-0.3, -0.25) is 13.9 Å². The Hall–Kier alpha value is -3.07. The number of carbonyl (C=O) groups is 2. The van der Waals surface area contributed by atoms with Crippen molar-refractivity contribution in [3.05, 3.63) is 59.7 Å². The number of hydrogen-bond donors (Lipinski definition) is 1. The topological polar surface area (TPSA) is 96.0 Å². The van der Waals surface area contributed by atoms with Crippen molar-refractivity contribution < 1.29 is 22.7 Å². The Bertz CT molecular complexity index is 1160. The Morgan fingerprint density at radius 3 is 2.26 bits per heavy atom. The van der Waals surface area contributed by atoms with Gasteiger partial charge in [-0.2, -0.15) is 0 Å². The maximum Gasteiger partial charge on any atom is 0.242 e. The van der Waals surface area contributed by atoms with Crippen LogP contribution in [0, 0.1) is 6.92 Å². The number of sulfonamides is 1. The molecule has 1 unspecified atom stereocenters. The zero-order valence-corrected chi connectivity index (χ0v) is 23.8. The van der Waals surface area contributed by atoms with Crippen LogP contribution in [0.4, 0.5) is 5.69 Å². The number of amides is 2. The number of ether oxygens (including phenoxy) is 1. The Kier molecular flexibility index (Phi) is 10.6. The van der Waals surface area contributed by atoms with E-state index in [2.05, 4.69) is 5.32 Å². The van der Waals surface area contributed by atoms with Gasteiger partial charge in [0.1, 0.15) is 11.8 Å². The SMILES string of the molecule is CCOc1ccc(N(CCCC(=O)N(Cc2ccc(C)cc2)C(C)C(=O)NC2CCCC2)S(C)(=O)=O)cc1. The number of nitrogens with one attached hydrogen (secondary N) is 1.